The Morgan fingerprint density at radius 2 is 2.05 bits per heavy atom. The summed E-state index contributed by atoms with van der Waals surface area (Å²) in [6, 6.07) is 8.48. The van der Waals surface area contributed by atoms with Crippen molar-refractivity contribution in [1.29, 1.82) is 0 Å². The van der Waals surface area contributed by atoms with Crippen LogP contribution in [0.5, 0.6) is 5.75 Å². The zero-order valence-corrected chi connectivity index (χ0v) is 12.4. The number of rotatable bonds is 7. The summed E-state index contributed by atoms with van der Waals surface area (Å²) in [5.41, 5.74) is 5.70. The highest BCUT2D eigenvalue weighted by Gasteiger charge is 2.13. The molecule has 0 bridgehead atoms. The first-order chi connectivity index (χ1) is 9.83. The van der Waals surface area contributed by atoms with E-state index in [0.717, 1.165) is 25.2 Å². The first kappa shape index (κ1) is 15.1. The molecule has 0 saturated carbocycles. The SMILES string of the molecule is CCCOc1ccc(C(CC2=CCCCC2)NN)cc1. The summed E-state index contributed by atoms with van der Waals surface area (Å²) < 4.78 is 5.61. The second-order valence-electron chi connectivity index (χ2n) is 5.45. The third-order valence-electron chi connectivity index (χ3n) is 3.81. The van der Waals surface area contributed by atoms with Gasteiger partial charge in [-0.25, -0.2) is 0 Å². The highest BCUT2D eigenvalue weighted by atomic mass is 16.5. The van der Waals surface area contributed by atoms with Crippen LogP contribution in [0.3, 0.4) is 0 Å². The van der Waals surface area contributed by atoms with Crippen LogP contribution in [0.2, 0.25) is 0 Å². The maximum absolute atomic E-state index is 5.73. The largest absolute Gasteiger partial charge is 0.494 e. The van der Waals surface area contributed by atoms with Crippen molar-refractivity contribution in [1.82, 2.24) is 5.43 Å². The van der Waals surface area contributed by atoms with Crippen LogP contribution < -0.4 is 16.0 Å². The van der Waals surface area contributed by atoms with E-state index in [4.69, 9.17) is 10.6 Å². The van der Waals surface area contributed by atoms with Gasteiger partial charge in [-0.05, 0) is 56.2 Å². The lowest BCUT2D eigenvalue weighted by atomic mass is 9.92. The van der Waals surface area contributed by atoms with Crippen molar-refractivity contribution in [2.24, 2.45) is 5.84 Å². The van der Waals surface area contributed by atoms with E-state index in [1.165, 1.54) is 36.8 Å². The molecule has 0 fully saturated rings. The number of nitrogens with two attached hydrogens (primary N) is 1. The first-order valence-electron chi connectivity index (χ1n) is 7.70. The number of benzene rings is 1. The van der Waals surface area contributed by atoms with Crippen molar-refractivity contribution in [3.63, 3.8) is 0 Å². The molecular formula is C17H26N2O. The quantitative estimate of drug-likeness (QED) is 0.451. The fraction of sp³-hybridized carbons (Fsp3) is 0.529. The molecule has 0 spiro atoms. The molecule has 0 aromatic heterocycles. The molecule has 3 heteroatoms. The smallest absolute Gasteiger partial charge is 0.119 e. The second-order valence-corrected chi connectivity index (χ2v) is 5.45. The van der Waals surface area contributed by atoms with Crippen LogP contribution in [-0.4, -0.2) is 6.61 Å². The van der Waals surface area contributed by atoms with E-state index in [2.05, 4.69) is 30.6 Å². The van der Waals surface area contributed by atoms with Gasteiger partial charge < -0.3 is 4.74 Å². The third-order valence-corrected chi connectivity index (χ3v) is 3.81. The van der Waals surface area contributed by atoms with Crippen LogP contribution in [0.1, 0.15) is 57.1 Å². The lowest BCUT2D eigenvalue weighted by Gasteiger charge is -2.20. The molecule has 3 N–H and O–H groups in total. The lowest BCUT2D eigenvalue weighted by Crippen LogP contribution is -2.28. The van der Waals surface area contributed by atoms with Gasteiger partial charge in [0.05, 0.1) is 6.61 Å². The molecule has 1 aromatic carbocycles. The summed E-state index contributed by atoms with van der Waals surface area (Å²) >= 11 is 0. The monoisotopic (exact) mass is 274 g/mol. The van der Waals surface area contributed by atoms with Gasteiger partial charge in [0.15, 0.2) is 0 Å². The molecule has 3 nitrogen and oxygen atoms in total. The summed E-state index contributed by atoms with van der Waals surface area (Å²) in [6.07, 6.45) is 9.49. The van der Waals surface area contributed by atoms with Crippen molar-refractivity contribution in [3.8, 4) is 5.75 Å². The van der Waals surface area contributed by atoms with Crippen LogP contribution >= 0.6 is 0 Å². The Morgan fingerprint density at radius 3 is 2.65 bits per heavy atom. The molecule has 20 heavy (non-hydrogen) atoms. The molecule has 1 aliphatic carbocycles. The highest BCUT2D eigenvalue weighted by molar-refractivity contribution is 5.30. The molecule has 110 valence electrons. The molecule has 2 rings (SSSR count). The van der Waals surface area contributed by atoms with E-state index < -0.39 is 0 Å². The molecule has 1 unspecified atom stereocenters. The van der Waals surface area contributed by atoms with Gasteiger partial charge in [-0.3, -0.25) is 11.3 Å². The van der Waals surface area contributed by atoms with Crippen molar-refractivity contribution in [3.05, 3.63) is 41.5 Å². The van der Waals surface area contributed by atoms with Crippen LogP contribution in [0.25, 0.3) is 0 Å². The zero-order chi connectivity index (χ0) is 14.2. The van der Waals surface area contributed by atoms with Gasteiger partial charge in [-0.15, -0.1) is 0 Å². The van der Waals surface area contributed by atoms with Crippen molar-refractivity contribution in [2.75, 3.05) is 6.61 Å². The minimum absolute atomic E-state index is 0.194. The van der Waals surface area contributed by atoms with Crippen molar-refractivity contribution < 1.29 is 4.74 Å². The number of allylic oxidation sites excluding steroid dienone is 1. The normalized spacial score (nSPS) is 16.6. The number of hydrogen-bond acceptors (Lipinski definition) is 3. The van der Waals surface area contributed by atoms with Crippen molar-refractivity contribution in [2.45, 2.75) is 51.5 Å². The number of ether oxygens (including phenoxy) is 1. The maximum atomic E-state index is 5.73. The molecule has 1 atom stereocenters. The summed E-state index contributed by atoms with van der Waals surface area (Å²) in [5.74, 6) is 6.67. The van der Waals surface area contributed by atoms with E-state index in [1.54, 1.807) is 0 Å². The molecular weight excluding hydrogens is 248 g/mol. The fourth-order valence-corrected chi connectivity index (χ4v) is 2.64. The van der Waals surface area contributed by atoms with Crippen LogP contribution in [-0.2, 0) is 0 Å². The number of hydrogen-bond donors (Lipinski definition) is 2. The Hall–Kier alpha value is -1.32. The second kappa shape index (κ2) is 8.08. The summed E-state index contributed by atoms with van der Waals surface area (Å²) in [5, 5.41) is 0. The molecule has 0 radical (unpaired) electrons. The van der Waals surface area contributed by atoms with Gasteiger partial charge in [0.1, 0.15) is 5.75 Å². The molecule has 0 saturated heterocycles. The predicted octanol–water partition coefficient (Wildman–Crippen LogP) is 3.87. The average molecular weight is 274 g/mol. The van der Waals surface area contributed by atoms with Gasteiger partial charge in [0.2, 0.25) is 0 Å². The Balaban J connectivity index is 1.97. The van der Waals surface area contributed by atoms with E-state index in [1.807, 2.05) is 12.1 Å². The molecule has 0 aliphatic heterocycles. The molecule has 1 aliphatic rings. The number of hydrazine groups is 1. The van der Waals surface area contributed by atoms with Gasteiger partial charge in [0, 0.05) is 6.04 Å². The first-order valence-corrected chi connectivity index (χ1v) is 7.70. The maximum Gasteiger partial charge on any atom is 0.119 e. The summed E-state index contributed by atoms with van der Waals surface area (Å²) in [6.45, 7) is 2.88. The third kappa shape index (κ3) is 4.36. The minimum Gasteiger partial charge on any atom is -0.494 e. The van der Waals surface area contributed by atoms with Crippen LogP contribution in [0, 0.1) is 0 Å². The van der Waals surface area contributed by atoms with Gasteiger partial charge in [-0.2, -0.15) is 0 Å². The topological polar surface area (TPSA) is 47.3 Å². The highest BCUT2D eigenvalue weighted by Crippen LogP contribution is 2.28. The lowest BCUT2D eigenvalue weighted by molar-refractivity contribution is 0.317. The Kier molecular flexibility index (Phi) is 6.09. The fourth-order valence-electron chi connectivity index (χ4n) is 2.64. The van der Waals surface area contributed by atoms with E-state index in [0.29, 0.717) is 0 Å². The van der Waals surface area contributed by atoms with E-state index in [9.17, 15) is 0 Å². The Bertz CT molecular complexity index is 425. The molecule has 0 amide bonds. The minimum atomic E-state index is 0.194. The van der Waals surface area contributed by atoms with Gasteiger partial charge in [-0.1, -0.05) is 30.7 Å². The van der Waals surface area contributed by atoms with Gasteiger partial charge in [0.25, 0.3) is 0 Å². The summed E-state index contributed by atoms with van der Waals surface area (Å²) in [4.78, 5) is 0. The molecule has 1 aromatic rings. The van der Waals surface area contributed by atoms with Crippen LogP contribution in [0.15, 0.2) is 35.9 Å². The van der Waals surface area contributed by atoms with Crippen LogP contribution in [0.4, 0.5) is 0 Å². The molecule has 0 heterocycles. The van der Waals surface area contributed by atoms with E-state index >= 15 is 0 Å². The Morgan fingerprint density at radius 1 is 1.25 bits per heavy atom. The van der Waals surface area contributed by atoms with Crippen molar-refractivity contribution >= 4 is 0 Å². The Labute approximate surface area is 122 Å². The van der Waals surface area contributed by atoms with E-state index in [-0.39, 0.29) is 6.04 Å². The van der Waals surface area contributed by atoms with Gasteiger partial charge >= 0.3 is 0 Å². The standard InChI is InChI=1S/C17H26N2O/c1-2-12-20-16-10-8-15(9-11-16)17(19-18)13-14-6-4-3-5-7-14/h6,8-11,17,19H,2-5,7,12-13,18H2,1H3. The average Bonchev–Trinajstić information content (AvgIpc) is 2.52. The predicted molar refractivity (Wildman–Crippen MR) is 83.5 cm³/mol. The zero-order valence-electron chi connectivity index (χ0n) is 12.4. The summed E-state index contributed by atoms with van der Waals surface area (Å²) in [7, 11) is 0. The number of nitrogens with one attached hydrogen (secondary N) is 1.